The summed E-state index contributed by atoms with van der Waals surface area (Å²) < 4.78 is 1.72. The molecular formula is C25H31BrCl2N4O2. The molecule has 0 unspecified atom stereocenters. The molecule has 184 valence electrons. The zero-order chi connectivity index (χ0) is 24.3. The molecule has 0 saturated carbocycles. The number of benzene rings is 1. The van der Waals surface area contributed by atoms with Crippen LogP contribution in [-0.2, 0) is 4.84 Å². The Kier molecular flexibility index (Phi) is 8.28. The highest BCUT2D eigenvalue weighted by molar-refractivity contribution is 9.10. The van der Waals surface area contributed by atoms with Crippen molar-refractivity contribution in [2.45, 2.75) is 45.1 Å². The maximum absolute atomic E-state index is 11.6. The van der Waals surface area contributed by atoms with Crippen molar-refractivity contribution in [2.75, 3.05) is 37.7 Å². The van der Waals surface area contributed by atoms with Crippen LogP contribution in [0.1, 0.15) is 45.1 Å². The molecule has 2 aliphatic heterocycles. The second-order valence-electron chi connectivity index (χ2n) is 9.31. The Bertz CT molecular complexity index is 995. The van der Waals surface area contributed by atoms with Crippen LogP contribution < -0.4 is 9.63 Å². The van der Waals surface area contributed by atoms with Gasteiger partial charge in [0.05, 0.1) is 11.4 Å². The van der Waals surface area contributed by atoms with Crippen LogP contribution in [0.3, 0.4) is 0 Å². The fourth-order valence-corrected chi connectivity index (χ4v) is 6.09. The van der Waals surface area contributed by atoms with Crippen molar-refractivity contribution in [1.82, 2.24) is 4.90 Å². The summed E-state index contributed by atoms with van der Waals surface area (Å²) in [5, 5.41) is 16.9. The molecule has 2 aliphatic rings. The van der Waals surface area contributed by atoms with Crippen LogP contribution in [-0.4, -0.2) is 48.9 Å². The smallest absolute Gasteiger partial charge is 0.201 e. The Morgan fingerprint density at radius 1 is 1.12 bits per heavy atom. The number of anilines is 1. The van der Waals surface area contributed by atoms with Gasteiger partial charge in [-0.25, -0.2) is 0 Å². The van der Waals surface area contributed by atoms with E-state index in [0.29, 0.717) is 27.3 Å². The molecule has 34 heavy (non-hydrogen) atoms. The maximum Gasteiger partial charge on any atom is 0.201 e. The molecule has 2 aromatic rings. The van der Waals surface area contributed by atoms with Gasteiger partial charge in [-0.1, -0.05) is 56.4 Å². The van der Waals surface area contributed by atoms with Gasteiger partial charge in [0, 0.05) is 29.0 Å². The standard InChI is InChI=1S/C25H31BrCl2N4O2/c1-3-34-29-23(18-4-6-20(26)7-5-18)19-8-12-31(13-9-19)25(2)10-14-30(15-11-25)24-21(27)16-32(33)17-22(24)28/h4-7,16-17,19H,3,8-15H2,1-2H3/b29-23+. The summed E-state index contributed by atoms with van der Waals surface area (Å²) in [6.45, 7) is 8.68. The fourth-order valence-electron chi connectivity index (χ4n) is 5.14. The molecule has 1 aromatic heterocycles. The fraction of sp³-hybridized carbons (Fsp3) is 0.520. The summed E-state index contributed by atoms with van der Waals surface area (Å²) in [5.41, 5.74) is 3.08. The van der Waals surface area contributed by atoms with E-state index in [2.05, 4.69) is 62.1 Å². The third-order valence-electron chi connectivity index (χ3n) is 7.17. The topological polar surface area (TPSA) is 55.0 Å². The van der Waals surface area contributed by atoms with E-state index >= 15 is 0 Å². The highest BCUT2D eigenvalue weighted by Crippen LogP contribution is 2.38. The van der Waals surface area contributed by atoms with Crippen LogP contribution in [0.4, 0.5) is 5.69 Å². The zero-order valence-electron chi connectivity index (χ0n) is 19.6. The third-order valence-corrected chi connectivity index (χ3v) is 8.25. The molecule has 4 rings (SSSR count). The predicted octanol–water partition coefficient (Wildman–Crippen LogP) is 5.90. The van der Waals surface area contributed by atoms with Crippen LogP contribution in [0.2, 0.25) is 10.0 Å². The number of nitrogens with zero attached hydrogens (tertiary/aromatic N) is 4. The van der Waals surface area contributed by atoms with E-state index in [1.807, 2.05) is 6.92 Å². The van der Waals surface area contributed by atoms with Gasteiger partial charge in [-0.3, -0.25) is 4.90 Å². The molecule has 9 heteroatoms. The quantitative estimate of drug-likeness (QED) is 0.188. The minimum atomic E-state index is 0.127. The number of hydrogen-bond acceptors (Lipinski definition) is 5. The van der Waals surface area contributed by atoms with E-state index in [4.69, 9.17) is 28.0 Å². The summed E-state index contributed by atoms with van der Waals surface area (Å²) in [7, 11) is 0. The first-order valence-electron chi connectivity index (χ1n) is 11.8. The highest BCUT2D eigenvalue weighted by Gasteiger charge is 2.39. The average Bonchev–Trinajstić information content (AvgIpc) is 2.81. The summed E-state index contributed by atoms with van der Waals surface area (Å²) >= 11 is 16.2. The molecule has 0 amide bonds. The minimum absolute atomic E-state index is 0.127. The number of halogens is 3. The SMILES string of the molecule is CCO/N=C(\c1ccc(Br)cc1)C1CCN(C2(C)CCN(c3c(Cl)c[n+]([O-])cc3Cl)CC2)CC1. The van der Waals surface area contributed by atoms with Crippen molar-refractivity contribution in [3.63, 3.8) is 0 Å². The van der Waals surface area contributed by atoms with Gasteiger partial charge in [0.15, 0.2) is 0 Å². The van der Waals surface area contributed by atoms with Crippen molar-refractivity contribution in [3.05, 3.63) is 61.9 Å². The van der Waals surface area contributed by atoms with Crippen molar-refractivity contribution < 1.29 is 9.57 Å². The van der Waals surface area contributed by atoms with Crippen LogP contribution in [0, 0.1) is 11.1 Å². The number of oxime groups is 1. The molecule has 0 atom stereocenters. The number of likely N-dealkylation sites (tertiary alicyclic amines) is 1. The summed E-state index contributed by atoms with van der Waals surface area (Å²) in [6, 6.07) is 8.34. The minimum Gasteiger partial charge on any atom is -0.619 e. The van der Waals surface area contributed by atoms with Crippen molar-refractivity contribution in [2.24, 2.45) is 11.1 Å². The highest BCUT2D eigenvalue weighted by atomic mass is 79.9. The molecule has 2 fully saturated rings. The van der Waals surface area contributed by atoms with Crippen molar-refractivity contribution in [1.29, 1.82) is 0 Å². The van der Waals surface area contributed by atoms with E-state index < -0.39 is 0 Å². The second-order valence-corrected chi connectivity index (χ2v) is 11.0. The lowest BCUT2D eigenvalue weighted by Gasteiger charge is -2.49. The Morgan fingerprint density at radius 3 is 2.26 bits per heavy atom. The average molecular weight is 570 g/mol. The Labute approximate surface area is 220 Å². The Hall–Kier alpha value is -1.54. The largest absolute Gasteiger partial charge is 0.619 e. The third kappa shape index (κ3) is 5.64. The molecule has 0 spiro atoms. The number of pyridine rings is 1. The van der Waals surface area contributed by atoms with Gasteiger partial charge in [0.2, 0.25) is 12.4 Å². The van der Waals surface area contributed by atoms with Gasteiger partial charge >= 0.3 is 0 Å². The van der Waals surface area contributed by atoms with Crippen LogP contribution >= 0.6 is 39.1 Å². The lowest BCUT2D eigenvalue weighted by atomic mass is 9.82. The van der Waals surface area contributed by atoms with E-state index in [9.17, 15) is 5.21 Å². The van der Waals surface area contributed by atoms with Gasteiger partial charge in [-0.15, -0.1) is 0 Å². The van der Waals surface area contributed by atoms with Gasteiger partial charge in [0.1, 0.15) is 16.7 Å². The molecule has 0 radical (unpaired) electrons. The van der Waals surface area contributed by atoms with Gasteiger partial charge in [0.25, 0.3) is 0 Å². The summed E-state index contributed by atoms with van der Waals surface area (Å²) in [5.74, 6) is 0.383. The first-order valence-corrected chi connectivity index (χ1v) is 13.4. The van der Waals surface area contributed by atoms with Crippen molar-refractivity contribution in [3.8, 4) is 0 Å². The molecule has 2 saturated heterocycles. The Balaban J connectivity index is 1.39. The van der Waals surface area contributed by atoms with E-state index in [0.717, 1.165) is 73.3 Å². The molecule has 6 nitrogen and oxygen atoms in total. The first-order chi connectivity index (χ1) is 16.3. The molecule has 0 bridgehead atoms. The number of hydrogen-bond donors (Lipinski definition) is 0. The lowest BCUT2D eigenvalue weighted by molar-refractivity contribution is -0.605. The van der Waals surface area contributed by atoms with Gasteiger partial charge < -0.3 is 14.9 Å². The van der Waals surface area contributed by atoms with E-state index in [1.165, 1.54) is 12.4 Å². The van der Waals surface area contributed by atoms with Crippen LogP contribution in [0.5, 0.6) is 0 Å². The Morgan fingerprint density at radius 2 is 1.71 bits per heavy atom. The second kappa shape index (κ2) is 11.0. The van der Waals surface area contributed by atoms with Crippen LogP contribution in [0.25, 0.3) is 0 Å². The predicted molar refractivity (Wildman–Crippen MR) is 142 cm³/mol. The van der Waals surface area contributed by atoms with Crippen molar-refractivity contribution >= 4 is 50.5 Å². The molecule has 0 N–H and O–H groups in total. The normalized spacial score (nSPS) is 19.9. The first kappa shape index (κ1) is 25.5. The maximum atomic E-state index is 11.6. The molecular weight excluding hydrogens is 539 g/mol. The molecule has 3 heterocycles. The monoisotopic (exact) mass is 568 g/mol. The summed E-state index contributed by atoms with van der Waals surface area (Å²) in [4.78, 5) is 10.3. The van der Waals surface area contributed by atoms with Crippen LogP contribution in [0.15, 0.2) is 46.3 Å². The van der Waals surface area contributed by atoms with Gasteiger partial charge in [-0.05, 0) is 70.3 Å². The molecule has 1 aromatic carbocycles. The number of aromatic nitrogens is 1. The summed E-state index contributed by atoms with van der Waals surface area (Å²) in [6.07, 6.45) is 6.89. The number of piperidine rings is 2. The zero-order valence-corrected chi connectivity index (χ0v) is 22.7. The van der Waals surface area contributed by atoms with E-state index in [1.54, 1.807) is 0 Å². The number of rotatable bonds is 6. The lowest BCUT2D eigenvalue weighted by Crippen LogP contribution is -2.56. The molecule has 0 aliphatic carbocycles. The van der Waals surface area contributed by atoms with Gasteiger partial charge in [-0.2, -0.15) is 4.73 Å². The van der Waals surface area contributed by atoms with E-state index in [-0.39, 0.29) is 5.54 Å².